The van der Waals surface area contributed by atoms with E-state index in [1.807, 2.05) is 78.9 Å². The quantitative estimate of drug-likeness (QED) is 0.245. The molecule has 1 heterocycles. The number of rotatable bonds is 6. The van der Waals surface area contributed by atoms with Gasteiger partial charge in [-0.1, -0.05) is 102 Å². The highest BCUT2D eigenvalue weighted by Gasteiger charge is 2.13. The fraction of sp³-hybridized carbons (Fsp3) is 0. The molecular formula is C29H20Cl2N2O. The molecule has 1 aromatic heterocycles. The number of ether oxygens (including phenoxy) is 1. The van der Waals surface area contributed by atoms with E-state index in [1.54, 1.807) is 6.07 Å². The van der Waals surface area contributed by atoms with Crippen LogP contribution >= 0.6 is 23.2 Å². The molecule has 0 spiro atoms. The molecule has 5 rings (SSSR count). The maximum atomic E-state index is 6.45. The van der Waals surface area contributed by atoms with Gasteiger partial charge in [-0.15, -0.1) is 0 Å². The van der Waals surface area contributed by atoms with Crippen molar-refractivity contribution in [1.29, 1.82) is 0 Å². The lowest BCUT2D eigenvalue weighted by Crippen LogP contribution is -2.07. The zero-order valence-electron chi connectivity index (χ0n) is 18.1. The van der Waals surface area contributed by atoms with Crippen molar-refractivity contribution >= 4 is 39.9 Å². The number of hydrogen-bond donors (Lipinski definition) is 1. The van der Waals surface area contributed by atoms with Gasteiger partial charge < -0.3 is 10.1 Å². The third-order valence-corrected chi connectivity index (χ3v) is 6.02. The number of benzene rings is 4. The average Bonchev–Trinajstić information content (AvgIpc) is 2.86. The molecule has 4 aromatic carbocycles. The Morgan fingerprint density at radius 2 is 1.32 bits per heavy atom. The monoisotopic (exact) mass is 482 g/mol. The number of halogens is 2. The van der Waals surface area contributed by atoms with E-state index in [1.165, 1.54) is 0 Å². The number of nitrogens with one attached hydrogen (secondary N) is 1. The summed E-state index contributed by atoms with van der Waals surface area (Å²) in [6, 6.07) is 33.5. The highest BCUT2D eigenvalue weighted by molar-refractivity contribution is 6.37. The van der Waals surface area contributed by atoms with Gasteiger partial charge in [0.2, 0.25) is 0 Å². The molecule has 1 N–H and O–H groups in total. The minimum absolute atomic E-state index is 0.296. The largest absolute Gasteiger partial charge is 0.440 e. The highest BCUT2D eigenvalue weighted by atomic mass is 35.5. The number of aromatic nitrogens is 1. The summed E-state index contributed by atoms with van der Waals surface area (Å²) < 4.78 is 5.99. The van der Waals surface area contributed by atoms with E-state index in [-0.39, 0.29) is 0 Å². The van der Waals surface area contributed by atoms with Crippen LogP contribution in [0.1, 0.15) is 0 Å². The van der Waals surface area contributed by atoms with Crippen molar-refractivity contribution in [3.8, 4) is 28.0 Å². The highest BCUT2D eigenvalue weighted by Crippen LogP contribution is 2.38. The second-order valence-corrected chi connectivity index (χ2v) is 8.53. The van der Waals surface area contributed by atoms with E-state index in [0.29, 0.717) is 27.5 Å². The van der Waals surface area contributed by atoms with Crippen LogP contribution in [-0.2, 0) is 0 Å². The molecule has 0 saturated carbocycles. The molecule has 0 atom stereocenters. The molecule has 0 aliphatic carbocycles. The second-order valence-electron chi connectivity index (χ2n) is 7.72. The third kappa shape index (κ3) is 4.62. The van der Waals surface area contributed by atoms with Gasteiger partial charge in [-0.2, -0.15) is 0 Å². The summed E-state index contributed by atoms with van der Waals surface area (Å²) in [7, 11) is 0. The van der Waals surface area contributed by atoms with Crippen LogP contribution in [0.25, 0.3) is 33.2 Å². The van der Waals surface area contributed by atoms with Gasteiger partial charge in [0, 0.05) is 10.9 Å². The molecule has 5 aromatic rings. The van der Waals surface area contributed by atoms with Crippen molar-refractivity contribution < 1.29 is 4.74 Å². The van der Waals surface area contributed by atoms with Gasteiger partial charge >= 0.3 is 0 Å². The molecule has 0 radical (unpaired) electrons. The summed E-state index contributed by atoms with van der Waals surface area (Å²) in [6.07, 6.45) is 0. The number of para-hydroxylation sites is 1. The van der Waals surface area contributed by atoms with Gasteiger partial charge in [-0.3, -0.25) is 0 Å². The Balaban J connectivity index is 1.45. The predicted octanol–water partition coefficient (Wildman–Crippen LogP) is 8.84. The van der Waals surface area contributed by atoms with Gasteiger partial charge in [-0.05, 0) is 47.5 Å². The summed E-state index contributed by atoms with van der Waals surface area (Å²) in [5.74, 6) is 1.37. The molecule has 0 unspecified atom stereocenters. The minimum Gasteiger partial charge on any atom is -0.440 e. The summed E-state index contributed by atoms with van der Waals surface area (Å²) in [5.41, 5.74) is 4.83. The molecular weight excluding hydrogens is 463 g/mol. The van der Waals surface area contributed by atoms with Gasteiger partial charge in [0.15, 0.2) is 5.88 Å². The summed E-state index contributed by atoms with van der Waals surface area (Å²) in [4.78, 5) is 4.74. The topological polar surface area (TPSA) is 34.2 Å². The fourth-order valence-electron chi connectivity index (χ4n) is 3.84. The van der Waals surface area contributed by atoms with Crippen molar-refractivity contribution in [2.75, 3.05) is 5.32 Å². The normalized spacial score (nSPS) is 10.8. The number of fused-ring (bicyclic) bond motifs is 1. The zero-order valence-corrected chi connectivity index (χ0v) is 19.6. The molecule has 0 aliphatic heterocycles. The fourth-order valence-corrected chi connectivity index (χ4v) is 4.37. The van der Waals surface area contributed by atoms with Crippen LogP contribution in [0, 0.1) is 0 Å². The van der Waals surface area contributed by atoms with Crippen molar-refractivity contribution in [3.63, 3.8) is 0 Å². The van der Waals surface area contributed by atoms with Crippen molar-refractivity contribution in [2.45, 2.75) is 0 Å². The average molecular weight is 483 g/mol. The molecule has 5 heteroatoms. The van der Waals surface area contributed by atoms with Crippen LogP contribution < -0.4 is 10.1 Å². The van der Waals surface area contributed by atoms with Crippen molar-refractivity contribution in [1.82, 2.24) is 4.98 Å². The van der Waals surface area contributed by atoms with Gasteiger partial charge in [-0.25, -0.2) is 4.98 Å². The number of anilines is 1. The summed E-state index contributed by atoms with van der Waals surface area (Å²) >= 11 is 12.9. The lowest BCUT2D eigenvalue weighted by Gasteiger charge is -2.15. The van der Waals surface area contributed by atoms with E-state index in [4.69, 9.17) is 32.9 Å². The van der Waals surface area contributed by atoms with Crippen LogP contribution in [0.4, 0.5) is 5.82 Å². The van der Waals surface area contributed by atoms with E-state index in [0.717, 1.165) is 33.2 Å². The van der Waals surface area contributed by atoms with Crippen LogP contribution in [0.5, 0.6) is 5.75 Å². The minimum atomic E-state index is 0.296. The first-order valence-corrected chi connectivity index (χ1v) is 11.5. The zero-order chi connectivity index (χ0) is 23.5. The van der Waals surface area contributed by atoms with Crippen LogP contribution in [0.2, 0.25) is 10.0 Å². The van der Waals surface area contributed by atoms with Crippen LogP contribution in [0.15, 0.2) is 116 Å². The molecule has 0 aliphatic rings. The Kier molecular flexibility index (Phi) is 6.22. The third-order valence-electron chi connectivity index (χ3n) is 5.41. The van der Waals surface area contributed by atoms with Crippen LogP contribution in [0.3, 0.4) is 0 Å². The lowest BCUT2D eigenvalue weighted by molar-refractivity contribution is 0.435. The van der Waals surface area contributed by atoms with E-state index in [2.05, 4.69) is 30.1 Å². The molecule has 34 heavy (non-hydrogen) atoms. The standard InChI is InChI=1S/C29H20Cl2N2O/c1-19(34-28-16-24(25(30)18-26(28)31)21-12-6-3-7-13-21)32-29-17-23(20-10-4-2-5-11-20)22-14-8-9-15-27(22)33-29/h2-18H,1H2,(H,32,33). The van der Waals surface area contributed by atoms with Gasteiger partial charge in [0.25, 0.3) is 0 Å². The summed E-state index contributed by atoms with van der Waals surface area (Å²) in [6.45, 7) is 4.03. The Morgan fingerprint density at radius 1 is 0.706 bits per heavy atom. The predicted molar refractivity (Wildman–Crippen MR) is 142 cm³/mol. The first-order chi connectivity index (χ1) is 16.6. The number of nitrogens with zero attached hydrogens (tertiary/aromatic N) is 1. The Bertz CT molecular complexity index is 1490. The molecule has 0 fully saturated rings. The van der Waals surface area contributed by atoms with E-state index in [9.17, 15) is 0 Å². The number of hydrogen-bond acceptors (Lipinski definition) is 3. The van der Waals surface area contributed by atoms with Gasteiger partial charge in [0.1, 0.15) is 11.6 Å². The Morgan fingerprint density at radius 3 is 2.03 bits per heavy atom. The summed E-state index contributed by atoms with van der Waals surface area (Å²) in [5, 5.41) is 5.18. The Hall–Kier alpha value is -3.79. The smallest absolute Gasteiger partial charge is 0.191 e. The first-order valence-electron chi connectivity index (χ1n) is 10.7. The Labute approximate surface area is 208 Å². The molecule has 0 amide bonds. The number of pyridine rings is 1. The SMILES string of the molecule is C=C(Nc1cc(-c2ccccc2)c2ccccc2n1)Oc1cc(-c2ccccc2)c(Cl)cc1Cl. The van der Waals surface area contributed by atoms with E-state index >= 15 is 0 Å². The molecule has 0 bridgehead atoms. The van der Waals surface area contributed by atoms with Crippen molar-refractivity contribution in [3.05, 3.63) is 126 Å². The lowest BCUT2D eigenvalue weighted by atomic mass is 10.0. The van der Waals surface area contributed by atoms with Crippen LogP contribution in [-0.4, -0.2) is 4.98 Å². The maximum absolute atomic E-state index is 6.45. The van der Waals surface area contributed by atoms with E-state index < -0.39 is 0 Å². The molecule has 0 saturated heterocycles. The molecule has 3 nitrogen and oxygen atoms in total. The van der Waals surface area contributed by atoms with Crippen molar-refractivity contribution in [2.24, 2.45) is 0 Å². The van der Waals surface area contributed by atoms with Gasteiger partial charge in [0.05, 0.1) is 15.6 Å². The molecule has 166 valence electrons. The maximum Gasteiger partial charge on any atom is 0.191 e. The first kappa shape index (κ1) is 22.0. The second kappa shape index (κ2) is 9.60.